The van der Waals surface area contributed by atoms with Crippen molar-refractivity contribution in [2.75, 3.05) is 25.5 Å². The predicted molar refractivity (Wildman–Crippen MR) is 71.8 cm³/mol. The summed E-state index contributed by atoms with van der Waals surface area (Å²) in [6.07, 6.45) is 0. The zero-order chi connectivity index (χ0) is 13.2. The van der Waals surface area contributed by atoms with Gasteiger partial charge in [0, 0.05) is 25.9 Å². The molecule has 1 aromatic rings. The first-order valence-electron chi connectivity index (χ1n) is 6.19. The number of hydrogen-bond acceptors (Lipinski definition) is 3. The van der Waals surface area contributed by atoms with Crippen molar-refractivity contribution in [1.82, 2.24) is 5.32 Å². The fourth-order valence-corrected chi connectivity index (χ4v) is 2.01. The Bertz CT molecular complexity index is 443. The van der Waals surface area contributed by atoms with E-state index in [0.29, 0.717) is 13.1 Å². The molecular formula is C14H20N2O2. The van der Waals surface area contributed by atoms with Crippen LogP contribution < -0.4 is 10.6 Å². The van der Waals surface area contributed by atoms with Gasteiger partial charge < -0.3 is 15.4 Å². The van der Waals surface area contributed by atoms with Gasteiger partial charge in [-0.15, -0.1) is 0 Å². The standard InChI is InChI=1S/C14H20N2O2/c1-14(2,18-3)9-16-13(17)11-8-15-12-7-5-4-6-10(11)12/h4-7,11,15H,8-9H2,1-3H3,(H,16,17). The summed E-state index contributed by atoms with van der Waals surface area (Å²) in [5, 5.41) is 6.20. The molecule has 1 aliphatic heterocycles. The molecule has 0 saturated carbocycles. The Morgan fingerprint density at radius 3 is 2.94 bits per heavy atom. The van der Waals surface area contributed by atoms with Gasteiger partial charge in [0.2, 0.25) is 5.91 Å². The first-order valence-corrected chi connectivity index (χ1v) is 6.19. The molecule has 0 aliphatic carbocycles. The van der Waals surface area contributed by atoms with Crippen LogP contribution in [0.15, 0.2) is 24.3 Å². The summed E-state index contributed by atoms with van der Waals surface area (Å²) in [5.41, 5.74) is 1.80. The molecule has 1 amide bonds. The highest BCUT2D eigenvalue weighted by molar-refractivity contribution is 5.88. The topological polar surface area (TPSA) is 50.4 Å². The molecule has 4 nitrogen and oxygen atoms in total. The van der Waals surface area contributed by atoms with E-state index in [0.717, 1.165) is 11.3 Å². The monoisotopic (exact) mass is 248 g/mol. The van der Waals surface area contributed by atoms with E-state index in [1.165, 1.54) is 0 Å². The molecule has 2 rings (SSSR count). The Balaban J connectivity index is 2.00. The van der Waals surface area contributed by atoms with Gasteiger partial charge in [-0.25, -0.2) is 0 Å². The SMILES string of the molecule is COC(C)(C)CNC(=O)C1CNc2ccccc21. The van der Waals surface area contributed by atoms with E-state index >= 15 is 0 Å². The largest absolute Gasteiger partial charge is 0.384 e. The lowest BCUT2D eigenvalue weighted by Crippen LogP contribution is -2.41. The molecule has 1 aromatic carbocycles. The van der Waals surface area contributed by atoms with Crippen LogP contribution in [-0.2, 0) is 9.53 Å². The van der Waals surface area contributed by atoms with Crippen molar-refractivity contribution in [2.24, 2.45) is 0 Å². The van der Waals surface area contributed by atoms with Gasteiger partial charge in [-0.05, 0) is 25.5 Å². The Morgan fingerprint density at radius 1 is 1.50 bits per heavy atom. The van der Waals surface area contributed by atoms with Crippen LogP contribution in [-0.4, -0.2) is 31.7 Å². The number of carbonyl (C=O) groups is 1. The van der Waals surface area contributed by atoms with E-state index in [-0.39, 0.29) is 17.4 Å². The maximum absolute atomic E-state index is 12.2. The first kappa shape index (κ1) is 12.9. The summed E-state index contributed by atoms with van der Waals surface area (Å²) in [5.74, 6) is -0.0496. The number of para-hydroxylation sites is 1. The van der Waals surface area contributed by atoms with Gasteiger partial charge in [-0.2, -0.15) is 0 Å². The number of fused-ring (bicyclic) bond motifs is 1. The fourth-order valence-electron chi connectivity index (χ4n) is 2.01. The van der Waals surface area contributed by atoms with E-state index in [1.807, 2.05) is 38.1 Å². The molecule has 0 spiro atoms. The average Bonchev–Trinajstić information content (AvgIpc) is 2.80. The first-order chi connectivity index (χ1) is 8.53. The molecule has 0 saturated heterocycles. The van der Waals surface area contributed by atoms with Gasteiger partial charge in [-0.3, -0.25) is 4.79 Å². The second-order valence-electron chi connectivity index (χ2n) is 5.20. The van der Waals surface area contributed by atoms with Crippen molar-refractivity contribution >= 4 is 11.6 Å². The number of anilines is 1. The maximum Gasteiger partial charge on any atom is 0.229 e. The van der Waals surface area contributed by atoms with E-state index in [2.05, 4.69) is 10.6 Å². The lowest BCUT2D eigenvalue weighted by molar-refractivity contribution is -0.123. The summed E-state index contributed by atoms with van der Waals surface area (Å²) >= 11 is 0. The average molecular weight is 248 g/mol. The van der Waals surface area contributed by atoms with Crippen LogP contribution in [0.1, 0.15) is 25.3 Å². The van der Waals surface area contributed by atoms with Crippen LogP contribution in [0.25, 0.3) is 0 Å². The summed E-state index contributed by atoms with van der Waals surface area (Å²) < 4.78 is 5.29. The Kier molecular flexibility index (Phi) is 3.57. The molecule has 0 bridgehead atoms. The highest BCUT2D eigenvalue weighted by atomic mass is 16.5. The third kappa shape index (κ3) is 2.64. The van der Waals surface area contributed by atoms with Crippen molar-refractivity contribution in [1.29, 1.82) is 0 Å². The number of nitrogens with one attached hydrogen (secondary N) is 2. The molecule has 0 radical (unpaired) electrons. The van der Waals surface area contributed by atoms with Crippen LogP contribution in [0.2, 0.25) is 0 Å². The second kappa shape index (κ2) is 4.98. The minimum atomic E-state index is -0.332. The predicted octanol–water partition coefficient (Wildman–Crippen LogP) is 1.74. The van der Waals surface area contributed by atoms with Crippen molar-refractivity contribution < 1.29 is 9.53 Å². The Morgan fingerprint density at radius 2 is 2.22 bits per heavy atom. The van der Waals surface area contributed by atoms with Gasteiger partial charge in [0.15, 0.2) is 0 Å². The number of ether oxygens (including phenoxy) is 1. The molecule has 4 heteroatoms. The summed E-state index contributed by atoms with van der Waals surface area (Å²) in [4.78, 5) is 12.2. The molecule has 18 heavy (non-hydrogen) atoms. The zero-order valence-electron chi connectivity index (χ0n) is 11.1. The number of carbonyl (C=O) groups excluding carboxylic acids is 1. The molecule has 1 heterocycles. The van der Waals surface area contributed by atoms with Crippen molar-refractivity contribution in [2.45, 2.75) is 25.4 Å². The van der Waals surface area contributed by atoms with Gasteiger partial charge in [-0.1, -0.05) is 18.2 Å². The molecular weight excluding hydrogens is 228 g/mol. The normalized spacial score (nSPS) is 18.1. The summed E-state index contributed by atoms with van der Waals surface area (Å²) in [6.45, 7) is 5.09. The van der Waals surface area contributed by atoms with Gasteiger partial charge in [0.1, 0.15) is 0 Å². The smallest absolute Gasteiger partial charge is 0.229 e. The molecule has 1 aliphatic rings. The van der Waals surface area contributed by atoms with E-state index in [4.69, 9.17) is 4.74 Å². The maximum atomic E-state index is 12.2. The van der Waals surface area contributed by atoms with Crippen LogP contribution in [0.4, 0.5) is 5.69 Å². The number of methoxy groups -OCH3 is 1. The molecule has 0 aromatic heterocycles. The minimum Gasteiger partial charge on any atom is -0.384 e. The third-order valence-corrected chi connectivity index (χ3v) is 3.39. The van der Waals surface area contributed by atoms with Gasteiger partial charge in [0.25, 0.3) is 0 Å². The minimum absolute atomic E-state index is 0.0533. The third-order valence-electron chi connectivity index (χ3n) is 3.39. The van der Waals surface area contributed by atoms with Crippen LogP contribution in [0.5, 0.6) is 0 Å². The van der Waals surface area contributed by atoms with Crippen molar-refractivity contribution in [3.8, 4) is 0 Å². The zero-order valence-corrected chi connectivity index (χ0v) is 11.1. The molecule has 2 N–H and O–H groups in total. The van der Waals surface area contributed by atoms with Gasteiger partial charge in [0.05, 0.1) is 11.5 Å². The quantitative estimate of drug-likeness (QED) is 0.853. The number of amides is 1. The second-order valence-corrected chi connectivity index (χ2v) is 5.20. The van der Waals surface area contributed by atoms with Crippen LogP contribution in [0.3, 0.4) is 0 Å². The van der Waals surface area contributed by atoms with E-state index in [1.54, 1.807) is 7.11 Å². The van der Waals surface area contributed by atoms with E-state index in [9.17, 15) is 4.79 Å². The summed E-state index contributed by atoms with van der Waals surface area (Å²) in [7, 11) is 1.65. The Labute approximate surface area is 108 Å². The van der Waals surface area contributed by atoms with Crippen molar-refractivity contribution in [3.63, 3.8) is 0 Å². The molecule has 1 atom stereocenters. The van der Waals surface area contributed by atoms with Gasteiger partial charge >= 0.3 is 0 Å². The molecule has 98 valence electrons. The number of rotatable bonds is 4. The lowest BCUT2D eigenvalue weighted by Gasteiger charge is -2.24. The van der Waals surface area contributed by atoms with E-state index < -0.39 is 0 Å². The Hall–Kier alpha value is -1.55. The lowest BCUT2D eigenvalue weighted by atomic mass is 10.00. The highest BCUT2D eigenvalue weighted by Crippen LogP contribution is 2.30. The molecule has 1 unspecified atom stereocenters. The number of hydrogen-bond donors (Lipinski definition) is 2. The number of benzene rings is 1. The summed E-state index contributed by atoms with van der Waals surface area (Å²) in [6, 6.07) is 7.94. The van der Waals surface area contributed by atoms with Crippen LogP contribution in [0, 0.1) is 0 Å². The fraction of sp³-hybridized carbons (Fsp3) is 0.500. The van der Waals surface area contributed by atoms with Crippen LogP contribution >= 0.6 is 0 Å². The van der Waals surface area contributed by atoms with Crippen molar-refractivity contribution in [3.05, 3.63) is 29.8 Å². The molecule has 0 fully saturated rings. The highest BCUT2D eigenvalue weighted by Gasteiger charge is 2.29.